The van der Waals surface area contributed by atoms with Crippen molar-refractivity contribution in [2.75, 3.05) is 11.9 Å². The summed E-state index contributed by atoms with van der Waals surface area (Å²) in [6, 6.07) is 13.7. The van der Waals surface area contributed by atoms with Crippen molar-refractivity contribution in [2.24, 2.45) is 5.92 Å². The van der Waals surface area contributed by atoms with Gasteiger partial charge in [-0.1, -0.05) is 31.4 Å². The number of anilines is 1. The van der Waals surface area contributed by atoms with E-state index in [4.69, 9.17) is 9.47 Å². The largest absolute Gasteiger partial charge is 0.513 e. The molecular weight excluding hydrogens is 408 g/mol. The van der Waals surface area contributed by atoms with Crippen LogP contribution in [0.2, 0.25) is 0 Å². The lowest BCUT2D eigenvalue weighted by molar-refractivity contribution is -0.117. The Morgan fingerprint density at radius 3 is 2.47 bits per heavy atom. The molecule has 0 unspecified atom stereocenters. The third-order valence-electron chi connectivity index (χ3n) is 5.44. The second kappa shape index (κ2) is 11.9. The molecule has 1 saturated carbocycles. The van der Waals surface area contributed by atoms with Gasteiger partial charge in [-0.15, -0.1) is 0 Å². The average molecular weight is 439 g/mol. The van der Waals surface area contributed by atoms with Crippen molar-refractivity contribution in [3.05, 3.63) is 59.7 Å². The van der Waals surface area contributed by atoms with Gasteiger partial charge in [0.2, 0.25) is 5.91 Å². The molecule has 1 aliphatic carbocycles. The molecule has 0 aliphatic heterocycles. The van der Waals surface area contributed by atoms with E-state index in [0.717, 1.165) is 24.1 Å². The monoisotopic (exact) mass is 438 g/mol. The number of carbonyl (C=O) groups is 3. The Bertz CT molecular complexity index is 920. The highest BCUT2D eigenvalue weighted by Gasteiger charge is 2.17. The van der Waals surface area contributed by atoms with E-state index in [1.54, 1.807) is 19.1 Å². The topological polar surface area (TPSA) is 93.7 Å². The first-order chi connectivity index (χ1) is 15.5. The quantitative estimate of drug-likeness (QED) is 0.444. The lowest BCUT2D eigenvalue weighted by Gasteiger charge is -2.20. The van der Waals surface area contributed by atoms with Crippen LogP contribution in [0, 0.1) is 5.92 Å². The fourth-order valence-corrected chi connectivity index (χ4v) is 3.83. The minimum Gasteiger partial charge on any atom is -0.434 e. The molecule has 7 heteroatoms. The summed E-state index contributed by atoms with van der Waals surface area (Å²) in [4.78, 5) is 36.1. The molecule has 32 heavy (non-hydrogen) atoms. The fraction of sp³-hybridized carbons (Fsp3) is 0.400. The van der Waals surface area contributed by atoms with E-state index in [2.05, 4.69) is 10.6 Å². The van der Waals surface area contributed by atoms with Crippen LogP contribution in [0.15, 0.2) is 48.5 Å². The van der Waals surface area contributed by atoms with Gasteiger partial charge in [0, 0.05) is 24.2 Å². The molecule has 2 N–H and O–H groups in total. The van der Waals surface area contributed by atoms with Gasteiger partial charge >= 0.3 is 6.16 Å². The summed E-state index contributed by atoms with van der Waals surface area (Å²) in [7, 11) is 0. The van der Waals surface area contributed by atoms with Gasteiger partial charge in [-0.05, 0) is 67.6 Å². The number of nitrogens with one attached hydrogen (secondary N) is 2. The van der Waals surface area contributed by atoms with E-state index in [9.17, 15) is 14.4 Å². The molecule has 2 amide bonds. The first-order valence-electron chi connectivity index (χ1n) is 11.1. The van der Waals surface area contributed by atoms with E-state index in [1.807, 2.05) is 24.3 Å². The second-order valence-electron chi connectivity index (χ2n) is 7.95. The zero-order valence-corrected chi connectivity index (χ0v) is 18.4. The highest BCUT2D eigenvalue weighted by atomic mass is 16.7. The fourth-order valence-electron chi connectivity index (χ4n) is 3.83. The minimum absolute atomic E-state index is 0.0446. The predicted molar refractivity (Wildman–Crippen MR) is 122 cm³/mol. The van der Waals surface area contributed by atoms with Crippen molar-refractivity contribution >= 4 is 23.7 Å². The standard InChI is InChI=1S/C25H30N2O5/c1-2-31-25(30)32-22-13-11-20(12-14-22)24(29)26-17-19-9-6-10-21(15-19)27-23(28)16-18-7-4-3-5-8-18/h6,9-15,18H,2-5,7-8,16-17H2,1H3,(H,26,29)(H,27,28). The van der Waals surface area contributed by atoms with Gasteiger partial charge < -0.3 is 20.1 Å². The third-order valence-corrected chi connectivity index (χ3v) is 5.44. The van der Waals surface area contributed by atoms with E-state index in [0.29, 0.717) is 30.2 Å². The summed E-state index contributed by atoms with van der Waals surface area (Å²) >= 11 is 0. The summed E-state index contributed by atoms with van der Waals surface area (Å²) in [5.41, 5.74) is 2.06. The zero-order valence-electron chi connectivity index (χ0n) is 18.4. The van der Waals surface area contributed by atoms with E-state index < -0.39 is 6.16 Å². The molecule has 0 aromatic heterocycles. The van der Waals surface area contributed by atoms with E-state index in [-0.39, 0.29) is 18.4 Å². The molecule has 1 fully saturated rings. The van der Waals surface area contributed by atoms with Crippen molar-refractivity contribution in [2.45, 2.75) is 52.0 Å². The molecular formula is C25H30N2O5. The Labute approximate surface area is 188 Å². The van der Waals surface area contributed by atoms with Gasteiger partial charge in [0.15, 0.2) is 0 Å². The highest BCUT2D eigenvalue weighted by Crippen LogP contribution is 2.26. The second-order valence-corrected chi connectivity index (χ2v) is 7.95. The third kappa shape index (κ3) is 7.41. The van der Waals surface area contributed by atoms with Crippen molar-refractivity contribution in [1.29, 1.82) is 0 Å². The lowest BCUT2D eigenvalue weighted by atomic mass is 9.87. The van der Waals surface area contributed by atoms with Crippen LogP contribution in [-0.4, -0.2) is 24.6 Å². The molecule has 2 aromatic carbocycles. The van der Waals surface area contributed by atoms with Gasteiger partial charge in [-0.25, -0.2) is 4.79 Å². The van der Waals surface area contributed by atoms with Crippen LogP contribution in [0.4, 0.5) is 10.5 Å². The number of hydrogen-bond acceptors (Lipinski definition) is 5. The Hall–Kier alpha value is -3.35. The van der Waals surface area contributed by atoms with Crippen molar-refractivity contribution < 1.29 is 23.9 Å². The van der Waals surface area contributed by atoms with Crippen LogP contribution >= 0.6 is 0 Å². The van der Waals surface area contributed by atoms with Gasteiger partial charge in [0.25, 0.3) is 5.91 Å². The maximum Gasteiger partial charge on any atom is 0.513 e. The molecule has 3 rings (SSSR count). The zero-order chi connectivity index (χ0) is 22.8. The summed E-state index contributed by atoms with van der Waals surface area (Å²) in [6.45, 7) is 2.24. The molecule has 2 aromatic rings. The number of benzene rings is 2. The number of ether oxygens (including phenoxy) is 2. The normalized spacial score (nSPS) is 13.8. The van der Waals surface area contributed by atoms with Gasteiger partial charge in [0.1, 0.15) is 5.75 Å². The summed E-state index contributed by atoms with van der Waals surface area (Å²) in [5.74, 6) is 0.583. The molecule has 0 saturated heterocycles. The molecule has 1 aliphatic rings. The van der Waals surface area contributed by atoms with Crippen molar-refractivity contribution in [3.8, 4) is 5.75 Å². The van der Waals surface area contributed by atoms with Crippen LogP contribution in [0.3, 0.4) is 0 Å². The SMILES string of the molecule is CCOC(=O)Oc1ccc(C(=O)NCc2cccc(NC(=O)CC3CCCCC3)c2)cc1. The summed E-state index contributed by atoms with van der Waals surface area (Å²) in [6.07, 6.45) is 5.76. The number of hydrogen-bond donors (Lipinski definition) is 2. The Morgan fingerprint density at radius 2 is 1.75 bits per heavy atom. The molecule has 7 nitrogen and oxygen atoms in total. The van der Waals surface area contributed by atoms with Gasteiger partial charge in [-0.2, -0.15) is 0 Å². The van der Waals surface area contributed by atoms with Crippen LogP contribution < -0.4 is 15.4 Å². The minimum atomic E-state index is -0.782. The molecule has 0 atom stereocenters. The Kier molecular flexibility index (Phi) is 8.66. The summed E-state index contributed by atoms with van der Waals surface area (Å²) in [5, 5.41) is 5.83. The first-order valence-corrected chi connectivity index (χ1v) is 11.1. The molecule has 0 radical (unpaired) electrons. The predicted octanol–water partition coefficient (Wildman–Crippen LogP) is 5.06. The molecule has 0 spiro atoms. The van der Waals surface area contributed by atoms with Crippen LogP contribution in [0.1, 0.15) is 61.4 Å². The highest BCUT2D eigenvalue weighted by molar-refractivity contribution is 5.94. The van der Waals surface area contributed by atoms with Crippen LogP contribution in [-0.2, 0) is 16.1 Å². The van der Waals surface area contributed by atoms with Crippen molar-refractivity contribution in [3.63, 3.8) is 0 Å². The average Bonchev–Trinajstić information content (AvgIpc) is 2.79. The number of carbonyl (C=O) groups excluding carboxylic acids is 3. The maximum absolute atomic E-state index is 12.4. The molecule has 170 valence electrons. The van der Waals surface area contributed by atoms with Crippen LogP contribution in [0.25, 0.3) is 0 Å². The molecule has 0 heterocycles. The van der Waals surface area contributed by atoms with Gasteiger partial charge in [0.05, 0.1) is 6.61 Å². The molecule has 0 bridgehead atoms. The summed E-state index contributed by atoms with van der Waals surface area (Å²) < 4.78 is 9.70. The first kappa shape index (κ1) is 23.3. The smallest absolute Gasteiger partial charge is 0.434 e. The Balaban J connectivity index is 1.48. The van der Waals surface area contributed by atoms with Crippen LogP contribution in [0.5, 0.6) is 5.75 Å². The lowest BCUT2D eigenvalue weighted by Crippen LogP contribution is -2.23. The van der Waals surface area contributed by atoms with E-state index in [1.165, 1.54) is 31.4 Å². The number of rotatable bonds is 8. The van der Waals surface area contributed by atoms with Crippen molar-refractivity contribution in [1.82, 2.24) is 5.32 Å². The maximum atomic E-state index is 12.4. The Morgan fingerprint density at radius 1 is 1.00 bits per heavy atom. The number of amides is 2. The van der Waals surface area contributed by atoms with Gasteiger partial charge in [-0.3, -0.25) is 9.59 Å². The van der Waals surface area contributed by atoms with E-state index >= 15 is 0 Å².